The Morgan fingerprint density at radius 3 is 1.56 bits per heavy atom. The zero-order valence-corrected chi connectivity index (χ0v) is 25.7. The summed E-state index contributed by atoms with van der Waals surface area (Å²) in [4.78, 5) is 2.38. The van der Waals surface area contributed by atoms with Crippen LogP contribution in [0.15, 0.2) is 18.2 Å². The predicted molar refractivity (Wildman–Crippen MR) is 162 cm³/mol. The fourth-order valence-electron chi connectivity index (χ4n) is 6.27. The van der Waals surface area contributed by atoms with Crippen molar-refractivity contribution >= 4 is 29.6 Å². The van der Waals surface area contributed by atoms with E-state index in [1.165, 1.54) is 67.0 Å². The van der Waals surface area contributed by atoms with E-state index < -0.39 is 18.3 Å². The van der Waals surface area contributed by atoms with E-state index in [2.05, 4.69) is 106 Å². The third kappa shape index (κ3) is 3.87. The number of hydrogen-bond acceptors (Lipinski definition) is 4. The van der Waals surface area contributed by atoms with Crippen molar-refractivity contribution in [3.63, 3.8) is 0 Å². The molecule has 0 saturated carbocycles. The Balaban J connectivity index is 1.79. The second-order valence-electron chi connectivity index (χ2n) is 12.6. The fraction of sp³-hybridized carbons (Fsp3) is 0.441. The molecular formula is C34H41BN2O2. The number of fused-ring (bicyclic) bond motifs is 2. The molecule has 0 radical (unpaired) electrons. The number of anilines is 3. The molecule has 1 fully saturated rings. The van der Waals surface area contributed by atoms with Crippen LogP contribution in [0.25, 0.3) is 0 Å². The molecule has 2 heterocycles. The van der Waals surface area contributed by atoms with Gasteiger partial charge in [0.05, 0.1) is 33.8 Å². The van der Waals surface area contributed by atoms with E-state index in [-0.39, 0.29) is 0 Å². The van der Waals surface area contributed by atoms with Crippen LogP contribution in [0.5, 0.6) is 0 Å². The van der Waals surface area contributed by atoms with Crippen molar-refractivity contribution in [3.05, 3.63) is 79.4 Å². The summed E-state index contributed by atoms with van der Waals surface area (Å²) in [5.74, 6) is 0. The van der Waals surface area contributed by atoms with Gasteiger partial charge in [-0.15, -0.1) is 0 Å². The summed E-state index contributed by atoms with van der Waals surface area (Å²) >= 11 is 0. The Morgan fingerprint density at radius 2 is 1.13 bits per heavy atom. The van der Waals surface area contributed by atoms with Gasteiger partial charge >= 0.3 is 7.12 Å². The monoisotopic (exact) mass is 520 g/mol. The third-order valence-electron chi connectivity index (χ3n) is 10.3. The molecule has 5 heteroatoms. The first kappa shape index (κ1) is 27.5. The van der Waals surface area contributed by atoms with Crippen LogP contribution in [0.4, 0.5) is 17.1 Å². The average Bonchev–Trinajstić information content (AvgIpc) is 3.12. The van der Waals surface area contributed by atoms with Crippen LogP contribution in [0, 0.1) is 66.7 Å². The Kier molecular flexibility index (Phi) is 6.33. The number of nitrogens with zero attached hydrogens (tertiary/aromatic N) is 2. The van der Waals surface area contributed by atoms with Gasteiger partial charge in [-0.1, -0.05) is 6.07 Å². The standard InChI is InChI=1S/C34H41BN2O2/c1-18-20(3)24(7)31-28(22(18)5)16-29-23(6)19(2)21(4)25(8)32(29)37(31)30-14-13-27(15-26(30)17-36)35-38-33(9,10)34(11,12)39-35/h13-15H,16H2,1-12H3. The zero-order valence-electron chi connectivity index (χ0n) is 25.7. The molecular weight excluding hydrogens is 479 g/mol. The fourth-order valence-corrected chi connectivity index (χ4v) is 6.27. The molecule has 2 aliphatic rings. The van der Waals surface area contributed by atoms with E-state index >= 15 is 0 Å². The molecule has 39 heavy (non-hydrogen) atoms. The third-order valence-corrected chi connectivity index (χ3v) is 10.3. The molecule has 3 aromatic rings. The highest BCUT2D eigenvalue weighted by atomic mass is 16.7. The maximum Gasteiger partial charge on any atom is 0.494 e. The lowest BCUT2D eigenvalue weighted by Gasteiger charge is -2.40. The van der Waals surface area contributed by atoms with Gasteiger partial charge in [-0.2, -0.15) is 5.26 Å². The lowest BCUT2D eigenvalue weighted by atomic mass is 9.77. The molecule has 2 aliphatic heterocycles. The lowest BCUT2D eigenvalue weighted by molar-refractivity contribution is 0.00578. The van der Waals surface area contributed by atoms with Crippen molar-refractivity contribution in [3.8, 4) is 6.07 Å². The lowest BCUT2D eigenvalue weighted by Crippen LogP contribution is -2.41. The van der Waals surface area contributed by atoms with E-state index in [1.54, 1.807) is 0 Å². The molecule has 0 aliphatic carbocycles. The number of benzene rings is 3. The average molecular weight is 521 g/mol. The molecule has 0 atom stereocenters. The second kappa shape index (κ2) is 8.98. The van der Waals surface area contributed by atoms with Gasteiger partial charge in [0, 0.05) is 6.42 Å². The Bertz CT molecular complexity index is 1510. The molecule has 5 rings (SSSR count). The minimum absolute atomic E-state index is 0.443. The Hall–Kier alpha value is -3.07. The summed E-state index contributed by atoms with van der Waals surface area (Å²) in [5, 5.41) is 10.5. The minimum atomic E-state index is -0.514. The minimum Gasteiger partial charge on any atom is -0.399 e. The molecule has 0 bridgehead atoms. The largest absolute Gasteiger partial charge is 0.494 e. The first-order valence-corrected chi connectivity index (χ1v) is 14.0. The van der Waals surface area contributed by atoms with Gasteiger partial charge < -0.3 is 14.2 Å². The van der Waals surface area contributed by atoms with Crippen LogP contribution < -0.4 is 10.4 Å². The normalized spacial score (nSPS) is 17.2. The van der Waals surface area contributed by atoms with Crippen molar-refractivity contribution in [2.75, 3.05) is 4.90 Å². The van der Waals surface area contributed by atoms with Crippen LogP contribution in [-0.2, 0) is 15.7 Å². The second-order valence-corrected chi connectivity index (χ2v) is 12.6. The molecule has 0 unspecified atom stereocenters. The van der Waals surface area contributed by atoms with Crippen LogP contribution in [0.2, 0.25) is 0 Å². The first-order valence-electron chi connectivity index (χ1n) is 14.0. The van der Waals surface area contributed by atoms with Crippen LogP contribution in [-0.4, -0.2) is 18.3 Å². The molecule has 0 aromatic heterocycles. The van der Waals surface area contributed by atoms with Crippen molar-refractivity contribution in [1.82, 2.24) is 0 Å². The molecule has 0 N–H and O–H groups in total. The molecule has 1 saturated heterocycles. The van der Waals surface area contributed by atoms with E-state index in [0.29, 0.717) is 5.56 Å². The summed E-state index contributed by atoms with van der Waals surface area (Å²) in [5.41, 5.74) is 17.2. The highest BCUT2D eigenvalue weighted by Gasteiger charge is 2.51. The van der Waals surface area contributed by atoms with Crippen LogP contribution >= 0.6 is 0 Å². The van der Waals surface area contributed by atoms with E-state index in [9.17, 15) is 5.26 Å². The maximum absolute atomic E-state index is 10.5. The molecule has 3 aromatic carbocycles. The van der Waals surface area contributed by atoms with Crippen LogP contribution in [0.1, 0.15) is 88.9 Å². The molecule has 202 valence electrons. The summed E-state index contributed by atoms with van der Waals surface area (Å²) in [6, 6.07) is 8.64. The van der Waals surface area contributed by atoms with Crippen molar-refractivity contribution < 1.29 is 9.31 Å². The SMILES string of the molecule is Cc1c(C)c(C)c2c(c1C)Cc1c(C)c(C)c(C)c(C)c1N2c1ccc(B2OC(C)(C)C(C)(C)O2)cc1C#N. The van der Waals surface area contributed by atoms with Crippen molar-refractivity contribution in [2.24, 2.45) is 0 Å². The van der Waals surface area contributed by atoms with Gasteiger partial charge in [0.1, 0.15) is 6.07 Å². The smallest absolute Gasteiger partial charge is 0.399 e. The van der Waals surface area contributed by atoms with E-state index in [4.69, 9.17) is 9.31 Å². The van der Waals surface area contributed by atoms with Gasteiger partial charge in [0.25, 0.3) is 0 Å². The summed E-state index contributed by atoms with van der Waals surface area (Å²) in [6.45, 7) is 26.1. The van der Waals surface area contributed by atoms with Gasteiger partial charge in [0.15, 0.2) is 0 Å². The highest BCUT2D eigenvalue weighted by Crippen LogP contribution is 2.52. The van der Waals surface area contributed by atoms with Gasteiger partial charge in [-0.05, 0) is 156 Å². The highest BCUT2D eigenvalue weighted by molar-refractivity contribution is 6.62. The number of nitriles is 1. The number of rotatable bonds is 2. The topological polar surface area (TPSA) is 45.5 Å². The van der Waals surface area contributed by atoms with Gasteiger partial charge in [0.2, 0.25) is 0 Å². The van der Waals surface area contributed by atoms with Gasteiger partial charge in [-0.3, -0.25) is 0 Å². The Labute approximate surface area is 235 Å². The Morgan fingerprint density at radius 1 is 0.692 bits per heavy atom. The number of hydrogen-bond donors (Lipinski definition) is 0. The van der Waals surface area contributed by atoms with Gasteiger partial charge in [-0.25, -0.2) is 0 Å². The zero-order chi connectivity index (χ0) is 28.8. The molecule has 0 amide bonds. The van der Waals surface area contributed by atoms with Crippen molar-refractivity contribution in [2.45, 2.75) is 101 Å². The first-order chi connectivity index (χ1) is 18.1. The van der Waals surface area contributed by atoms with Crippen LogP contribution in [0.3, 0.4) is 0 Å². The predicted octanol–water partition coefficient (Wildman–Crippen LogP) is 7.70. The quantitative estimate of drug-likeness (QED) is 0.254. The van der Waals surface area contributed by atoms with Crippen molar-refractivity contribution in [1.29, 1.82) is 5.26 Å². The summed E-state index contributed by atoms with van der Waals surface area (Å²) in [7, 11) is -0.514. The van der Waals surface area contributed by atoms with E-state index in [1.807, 2.05) is 6.07 Å². The summed E-state index contributed by atoms with van der Waals surface area (Å²) in [6.07, 6.45) is 0.899. The summed E-state index contributed by atoms with van der Waals surface area (Å²) < 4.78 is 12.7. The molecule has 4 nitrogen and oxygen atoms in total. The maximum atomic E-state index is 10.5. The van der Waals surface area contributed by atoms with E-state index in [0.717, 1.165) is 17.6 Å². The molecule has 0 spiro atoms.